The quantitative estimate of drug-likeness (QED) is 0.560. The molecule has 0 spiro atoms. The Hall–Kier alpha value is -1.52. The van der Waals surface area contributed by atoms with E-state index >= 15 is 0 Å². The van der Waals surface area contributed by atoms with Gasteiger partial charge in [-0.3, -0.25) is 0 Å². The minimum absolute atomic E-state index is 0.0843. The van der Waals surface area contributed by atoms with Crippen LogP contribution in [0.4, 0.5) is 4.79 Å². The van der Waals surface area contributed by atoms with Crippen LogP contribution in [0.5, 0.6) is 0 Å². The number of carbonyl (C=O) groups excluding carboxylic acids is 2. The summed E-state index contributed by atoms with van der Waals surface area (Å²) in [6.45, 7) is 6.16. The first kappa shape index (κ1) is 14.5. The maximum absolute atomic E-state index is 11.9. The molecule has 1 fully saturated rings. The van der Waals surface area contributed by atoms with E-state index in [1.54, 1.807) is 11.0 Å². The molecule has 0 bridgehead atoms. The summed E-state index contributed by atoms with van der Waals surface area (Å²) in [6.07, 6.45) is 4.47. The van der Waals surface area contributed by atoms with Crippen molar-refractivity contribution in [1.82, 2.24) is 4.90 Å². The van der Waals surface area contributed by atoms with Crippen LogP contribution in [0.2, 0.25) is 0 Å². The second-order valence-electron chi connectivity index (χ2n) is 5.27. The Bertz CT molecular complexity index is 343. The van der Waals surface area contributed by atoms with Gasteiger partial charge >= 0.3 is 12.1 Å². The predicted molar refractivity (Wildman–Crippen MR) is 67.1 cm³/mol. The topological polar surface area (TPSA) is 55.8 Å². The number of methoxy groups -OCH3 is 1. The van der Waals surface area contributed by atoms with E-state index in [0.717, 1.165) is 12.8 Å². The standard InChI is InChI=1S/C13H21NO4/c1-13(2,3)18-12(16)14-9-5-6-10(14)7-8-11(15)17-4/h7-8,10H,5-6,9H2,1-4H3/b8-7+/t10-/m0/s1. The number of hydrogen-bond donors (Lipinski definition) is 0. The number of rotatable bonds is 2. The number of carbonyl (C=O) groups is 2. The summed E-state index contributed by atoms with van der Waals surface area (Å²) in [5.74, 6) is -0.411. The Balaban J connectivity index is 2.62. The number of amides is 1. The van der Waals surface area contributed by atoms with E-state index in [1.165, 1.54) is 13.2 Å². The van der Waals surface area contributed by atoms with Gasteiger partial charge in [0.2, 0.25) is 0 Å². The van der Waals surface area contributed by atoms with E-state index < -0.39 is 11.6 Å². The van der Waals surface area contributed by atoms with E-state index in [2.05, 4.69) is 4.74 Å². The van der Waals surface area contributed by atoms with Crippen LogP contribution < -0.4 is 0 Å². The van der Waals surface area contributed by atoms with Crippen LogP contribution in [0.1, 0.15) is 33.6 Å². The van der Waals surface area contributed by atoms with Gasteiger partial charge in [-0.05, 0) is 33.6 Å². The summed E-state index contributed by atoms with van der Waals surface area (Å²) in [6, 6.07) is -0.0843. The van der Waals surface area contributed by atoms with Gasteiger partial charge in [-0.25, -0.2) is 9.59 Å². The molecule has 0 saturated carbocycles. The smallest absolute Gasteiger partial charge is 0.410 e. The maximum atomic E-state index is 11.9. The average Bonchev–Trinajstić information content (AvgIpc) is 2.71. The molecule has 1 atom stereocenters. The van der Waals surface area contributed by atoms with Crippen molar-refractivity contribution in [3.63, 3.8) is 0 Å². The summed E-state index contributed by atoms with van der Waals surface area (Å²) in [7, 11) is 1.33. The number of nitrogens with zero attached hydrogens (tertiary/aromatic N) is 1. The molecule has 0 aromatic rings. The molecule has 1 aliphatic rings. The third kappa shape index (κ3) is 4.39. The Morgan fingerprint density at radius 3 is 2.56 bits per heavy atom. The van der Waals surface area contributed by atoms with Gasteiger partial charge in [0.25, 0.3) is 0 Å². The van der Waals surface area contributed by atoms with Crippen LogP contribution in [0.15, 0.2) is 12.2 Å². The average molecular weight is 255 g/mol. The van der Waals surface area contributed by atoms with Crippen molar-refractivity contribution < 1.29 is 19.1 Å². The molecular formula is C13H21NO4. The van der Waals surface area contributed by atoms with Gasteiger partial charge in [0.05, 0.1) is 13.2 Å². The molecule has 0 unspecified atom stereocenters. The van der Waals surface area contributed by atoms with Gasteiger partial charge in [0, 0.05) is 12.6 Å². The van der Waals surface area contributed by atoms with E-state index in [4.69, 9.17) is 4.74 Å². The molecule has 1 rings (SSSR count). The molecule has 1 heterocycles. The van der Waals surface area contributed by atoms with Crippen molar-refractivity contribution in [2.45, 2.75) is 45.3 Å². The van der Waals surface area contributed by atoms with E-state index in [0.29, 0.717) is 6.54 Å². The summed E-state index contributed by atoms with van der Waals surface area (Å²) >= 11 is 0. The second kappa shape index (κ2) is 5.89. The van der Waals surface area contributed by atoms with Crippen LogP contribution >= 0.6 is 0 Å². The molecule has 5 nitrogen and oxygen atoms in total. The zero-order chi connectivity index (χ0) is 13.8. The zero-order valence-electron chi connectivity index (χ0n) is 11.4. The SMILES string of the molecule is COC(=O)/C=C/[C@@H]1CCCN1C(=O)OC(C)(C)C. The van der Waals surface area contributed by atoms with Gasteiger partial charge in [-0.2, -0.15) is 0 Å². The number of hydrogen-bond acceptors (Lipinski definition) is 4. The highest BCUT2D eigenvalue weighted by molar-refractivity contribution is 5.82. The first-order valence-corrected chi connectivity index (χ1v) is 6.09. The Morgan fingerprint density at radius 2 is 2.00 bits per heavy atom. The van der Waals surface area contributed by atoms with Crippen molar-refractivity contribution >= 4 is 12.1 Å². The third-order valence-electron chi connectivity index (χ3n) is 2.58. The zero-order valence-corrected chi connectivity index (χ0v) is 11.4. The number of ether oxygens (including phenoxy) is 2. The van der Waals surface area contributed by atoms with Crippen molar-refractivity contribution in [3.05, 3.63) is 12.2 Å². The van der Waals surface area contributed by atoms with Gasteiger partial charge in [-0.1, -0.05) is 6.08 Å². The molecule has 18 heavy (non-hydrogen) atoms. The van der Waals surface area contributed by atoms with E-state index in [1.807, 2.05) is 20.8 Å². The third-order valence-corrected chi connectivity index (χ3v) is 2.58. The van der Waals surface area contributed by atoms with Crippen LogP contribution in [-0.2, 0) is 14.3 Å². The lowest BCUT2D eigenvalue weighted by Crippen LogP contribution is -2.39. The highest BCUT2D eigenvalue weighted by Gasteiger charge is 2.30. The molecule has 0 N–H and O–H groups in total. The fourth-order valence-corrected chi connectivity index (χ4v) is 1.80. The normalized spacial score (nSPS) is 20.2. The lowest BCUT2D eigenvalue weighted by Gasteiger charge is -2.27. The molecule has 5 heteroatoms. The highest BCUT2D eigenvalue weighted by atomic mass is 16.6. The summed E-state index contributed by atoms with van der Waals surface area (Å²) in [5, 5.41) is 0. The van der Waals surface area contributed by atoms with Crippen molar-refractivity contribution in [3.8, 4) is 0 Å². The molecule has 1 aliphatic heterocycles. The molecule has 0 aromatic heterocycles. The molecule has 0 aliphatic carbocycles. The first-order chi connectivity index (χ1) is 8.33. The van der Waals surface area contributed by atoms with Crippen molar-refractivity contribution in [2.24, 2.45) is 0 Å². The van der Waals surface area contributed by atoms with E-state index in [-0.39, 0.29) is 12.1 Å². The Labute approximate surface area is 108 Å². The summed E-state index contributed by atoms with van der Waals surface area (Å²) in [5.41, 5.74) is -0.504. The van der Waals surface area contributed by atoms with Crippen molar-refractivity contribution in [1.29, 1.82) is 0 Å². The van der Waals surface area contributed by atoms with Gasteiger partial charge < -0.3 is 14.4 Å². The molecule has 1 amide bonds. The fraction of sp³-hybridized carbons (Fsp3) is 0.692. The van der Waals surface area contributed by atoms with Crippen LogP contribution in [0, 0.1) is 0 Å². The van der Waals surface area contributed by atoms with Crippen LogP contribution in [0.25, 0.3) is 0 Å². The lowest BCUT2D eigenvalue weighted by atomic mass is 10.2. The van der Waals surface area contributed by atoms with Gasteiger partial charge in [0.1, 0.15) is 5.60 Å². The summed E-state index contributed by atoms with van der Waals surface area (Å²) < 4.78 is 9.85. The largest absolute Gasteiger partial charge is 0.466 e. The molecule has 0 aromatic carbocycles. The minimum atomic E-state index is -0.504. The number of esters is 1. The molecule has 1 saturated heterocycles. The lowest BCUT2D eigenvalue weighted by molar-refractivity contribution is -0.134. The number of likely N-dealkylation sites (tertiary alicyclic amines) is 1. The monoisotopic (exact) mass is 255 g/mol. The first-order valence-electron chi connectivity index (χ1n) is 6.09. The fourth-order valence-electron chi connectivity index (χ4n) is 1.80. The van der Waals surface area contributed by atoms with Gasteiger partial charge in [0.15, 0.2) is 0 Å². The summed E-state index contributed by atoms with van der Waals surface area (Å²) in [4.78, 5) is 24.6. The second-order valence-corrected chi connectivity index (χ2v) is 5.27. The Kier molecular flexibility index (Phi) is 4.76. The predicted octanol–water partition coefficient (Wildman–Crippen LogP) is 2.12. The van der Waals surface area contributed by atoms with Crippen molar-refractivity contribution in [2.75, 3.05) is 13.7 Å². The molecular weight excluding hydrogens is 234 g/mol. The molecule has 0 radical (unpaired) electrons. The van der Waals surface area contributed by atoms with Crippen LogP contribution in [-0.4, -0.2) is 42.3 Å². The Morgan fingerprint density at radius 1 is 1.33 bits per heavy atom. The van der Waals surface area contributed by atoms with E-state index in [9.17, 15) is 9.59 Å². The van der Waals surface area contributed by atoms with Gasteiger partial charge in [-0.15, -0.1) is 0 Å². The molecule has 102 valence electrons. The maximum Gasteiger partial charge on any atom is 0.410 e. The minimum Gasteiger partial charge on any atom is -0.466 e. The highest BCUT2D eigenvalue weighted by Crippen LogP contribution is 2.21. The van der Waals surface area contributed by atoms with Crippen LogP contribution in [0.3, 0.4) is 0 Å².